The largest absolute Gasteiger partial charge is 0.301 e. The number of carbonyl (C=O) groups excluding carboxylic acids is 1. The lowest BCUT2D eigenvalue weighted by Crippen LogP contribution is -2.14. The summed E-state index contributed by atoms with van der Waals surface area (Å²) in [6.07, 6.45) is 3.73. The smallest absolute Gasteiger partial charge is 0.236 e. The first-order valence-electron chi connectivity index (χ1n) is 5.99. The quantitative estimate of drug-likeness (QED) is 0.753. The number of nitrogens with zero attached hydrogens (tertiary/aromatic N) is 3. The molecule has 3 heterocycles. The van der Waals surface area contributed by atoms with Crippen LogP contribution >= 0.6 is 23.1 Å². The third-order valence-corrected chi connectivity index (χ3v) is 4.44. The number of nitrogens with one attached hydrogen (secondary N) is 1. The Bertz CT molecular complexity index is 750. The second kappa shape index (κ2) is 5.64. The Morgan fingerprint density at radius 1 is 1.50 bits per heavy atom. The fraction of sp³-hybridized carbons (Fsp3) is 0.154. The van der Waals surface area contributed by atoms with Crippen molar-refractivity contribution in [2.45, 2.75) is 12.1 Å². The van der Waals surface area contributed by atoms with Crippen LogP contribution in [0.2, 0.25) is 0 Å². The van der Waals surface area contributed by atoms with E-state index in [9.17, 15) is 4.79 Å². The predicted molar refractivity (Wildman–Crippen MR) is 81.4 cm³/mol. The maximum absolute atomic E-state index is 11.9. The second-order valence-electron chi connectivity index (χ2n) is 4.17. The van der Waals surface area contributed by atoms with Crippen LogP contribution in [0.4, 0.5) is 5.13 Å². The van der Waals surface area contributed by atoms with Crippen LogP contribution in [0.5, 0.6) is 0 Å². The van der Waals surface area contributed by atoms with Gasteiger partial charge < -0.3 is 5.32 Å². The lowest BCUT2D eigenvalue weighted by molar-refractivity contribution is -0.113. The van der Waals surface area contributed by atoms with Crippen LogP contribution in [0, 0.1) is 6.92 Å². The van der Waals surface area contributed by atoms with Gasteiger partial charge in [0.25, 0.3) is 0 Å². The Morgan fingerprint density at radius 3 is 3.20 bits per heavy atom. The molecule has 102 valence electrons. The van der Waals surface area contributed by atoms with E-state index in [0.717, 1.165) is 16.4 Å². The molecule has 3 rings (SSSR count). The van der Waals surface area contributed by atoms with Crippen LogP contribution in [0.25, 0.3) is 5.52 Å². The van der Waals surface area contributed by atoms with E-state index in [4.69, 9.17) is 0 Å². The molecule has 3 aromatic heterocycles. The van der Waals surface area contributed by atoms with E-state index in [0.29, 0.717) is 10.9 Å². The minimum atomic E-state index is -0.0722. The Hall–Kier alpha value is -1.86. The zero-order valence-electron chi connectivity index (χ0n) is 10.7. The molecule has 0 radical (unpaired) electrons. The van der Waals surface area contributed by atoms with Crippen molar-refractivity contribution in [3.05, 3.63) is 41.7 Å². The number of imidazole rings is 1. The third-order valence-electron chi connectivity index (χ3n) is 2.60. The van der Waals surface area contributed by atoms with Crippen molar-refractivity contribution in [1.29, 1.82) is 0 Å². The lowest BCUT2D eigenvalue weighted by Gasteiger charge is -2.01. The van der Waals surface area contributed by atoms with Crippen molar-refractivity contribution < 1.29 is 4.79 Å². The summed E-state index contributed by atoms with van der Waals surface area (Å²) in [6, 6.07) is 5.88. The van der Waals surface area contributed by atoms with Crippen LogP contribution in [0.1, 0.15) is 5.69 Å². The first-order valence-corrected chi connectivity index (χ1v) is 7.86. The molecule has 0 aliphatic rings. The second-order valence-corrected chi connectivity index (χ2v) is 5.97. The van der Waals surface area contributed by atoms with Gasteiger partial charge in [0.2, 0.25) is 5.91 Å². The summed E-state index contributed by atoms with van der Waals surface area (Å²) in [5.74, 6) is 0.240. The fourth-order valence-corrected chi connectivity index (χ4v) is 3.19. The first-order chi connectivity index (χ1) is 9.72. The van der Waals surface area contributed by atoms with Crippen LogP contribution < -0.4 is 5.32 Å². The first kappa shape index (κ1) is 13.1. The van der Waals surface area contributed by atoms with Gasteiger partial charge in [-0.1, -0.05) is 17.8 Å². The van der Waals surface area contributed by atoms with Crippen LogP contribution in [0.15, 0.2) is 41.1 Å². The molecule has 0 atom stereocenters. The molecule has 5 nitrogen and oxygen atoms in total. The summed E-state index contributed by atoms with van der Waals surface area (Å²) >= 11 is 2.84. The third kappa shape index (κ3) is 2.83. The molecule has 0 saturated heterocycles. The molecule has 3 aromatic rings. The standard InChI is InChI=1S/C13H12N4OS2/c1-9-7-19-12(15-9)16-11(18)8-20-13-14-6-10-4-2-3-5-17(10)13/h2-7H,8H2,1H3,(H,15,16,18). The van der Waals surface area contributed by atoms with Gasteiger partial charge in [0, 0.05) is 11.6 Å². The molecule has 0 saturated carbocycles. The minimum Gasteiger partial charge on any atom is -0.301 e. The molecule has 0 fully saturated rings. The van der Waals surface area contributed by atoms with E-state index in [1.54, 1.807) is 6.20 Å². The number of anilines is 1. The number of fused-ring (bicyclic) bond motifs is 1. The summed E-state index contributed by atoms with van der Waals surface area (Å²) in [5, 5.41) is 6.14. The molecule has 7 heteroatoms. The van der Waals surface area contributed by atoms with Gasteiger partial charge >= 0.3 is 0 Å². The highest BCUT2D eigenvalue weighted by Crippen LogP contribution is 2.19. The van der Waals surface area contributed by atoms with Crippen molar-refractivity contribution in [2.24, 2.45) is 0 Å². The molecule has 1 amide bonds. The summed E-state index contributed by atoms with van der Waals surface area (Å²) in [5.41, 5.74) is 1.93. The maximum Gasteiger partial charge on any atom is 0.236 e. The van der Waals surface area contributed by atoms with Crippen molar-refractivity contribution in [3.8, 4) is 0 Å². The molecule has 0 unspecified atom stereocenters. The Morgan fingerprint density at radius 2 is 2.40 bits per heavy atom. The average Bonchev–Trinajstić information content (AvgIpc) is 3.03. The van der Waals surface area contributed by atoms with E-state index in [-0.39, 0.29) is 5.91 Å². The topological polar surface area (TPSA) is 59.3 Å². The zero-order valence-corrected chi connectivity index (χ0v) is 12.4. The van der Waals surface area contributed by atoms with Crippen molar-refractivity contribution >= 4 is 39.7 Å². The lowest BCUT2D eigenvalue weighted by atomic mass is 10.4. The van der Waals surface area contributed by atoms with Gasteiger partial charge in [-0.05, 0) is 19.1 Å². The van der Waals surface area contributed by atoms with Gasteiger partial charge in [0.15, 0.2) is 10.3 Å². The predicted octanol–water partition coefficient (Wildman–Crippen LogP) is 2.83. The molecule has 0 aliphatic carbocycles. The van der Waals surface area contributed by atoms with E-state index >= 15 is 0 Å². The van der Waals surface area contributed by atoms with Crippen LogP contribution in [-0.4, -0.2) is 26.0 Å². The summed E-state index contributed by atoms with van der Waals surface area (Å²) in [4.78, 5) is 20.4. The van der Waals surface area contributed by atoms with Crippen LogP contribution in [-0.2, 0) is 4.79 Å². The van der Waals surface area contributed by atoms with Gasteiger partial charge in [-0.3, -0.25) is 9.20 Å². The molecule has 20 heavy (non-hydrogen) atoms. The number of hydrogen-bond acceptors (Lipinski definition) is 5. The van der Waals surface area contributed by atoms with E-state index in [1.807, 2.05) is 41.1 Å². The minimum absolute atomic E-state index is 0.0722. The molecular formula is C13H12N4OS2. The Balaban J connectivity index is 1.63. The number of carbonyl (C=O) groups is 1. The number of rotatable bonds is 4. The van der Waals surface area contributed by atoms with E-state index < -0.39 is 0 Å². The zero-order chi connectivity index (χ0) is 13.9. The summed E-state index contributed by atoms with van der Waals surface area (Å²) in [7, 11) is 0. The fourth-order valence-electron chi connectivity index (χ4n) is 1.72. The maximum atomic E-state index is 11.9. The highest BCUT2D eigenvalue weighted by Gasteiger charge is 2.09. The number of pyridine rings is 1. The van der Waals surface area contributed by atoms with Crippen molar-refractivity contribution in [1.82, 2.24) is 14.4 Å². The molecular weight excluding hydrogens is 292 g/mol. The van der Waals surface area contributed by atoms with Gasteiger partial charge in [-0.2, -0.15) is 0 Å². The number of hydrogen-bond donors (Lipinski definition) is 1. The number of aryl methyl sites for hydroxylation is 1. The molecule has 1 N–H and O–H groups in total. The van der Waals surface area contributed by atoms with Gasteiger partial charge in [0.1, 0.15) is 0 Å². The van der Waals surface area contributed by atoms with Crippen molar-refractivity contribution in [2.75, 3.05) is 11.1 Å². The number of thioether (sulfide) groups is 1. The molecule has 0 aromatic carbocycles. The molecule has 0 bridgehead atoms. The molecule has 0 spiro atoms. The number of amides is 1. The summed E-state index contributed by atoms with van der Waals surface area (Å²) in [6.45, 7) is 1.90. The number of thiazole rings is 1. The van der Waals surface area contributed by atoms with Gasteiger partial charge in [0.05, 0.1) is 23.2 Å². The normalized spacial score (nSPS) is 10.8. The van der Waals surface area contributed by atoms with Crippen LogP contribution in [0.3, 0.4) is 0 Å². The number of aromatic nitrogens is 3. The van der Waals surface area contributed by atoms with Gasteiger partial charge in [-0.25, -0.2) is 9.97 Å². The Kier molecular flexibility index (Phi) is 3.70. The highest BCUT2D eigenvalue weighted by atomic mass is 32.2. The van der Waals surface area contributed by atoms with E-state index in [1.165, 1.54) is 23.1 Å². The summed E-state index contributed by atoms with van der Waals surface area (Å²) < 4.78 is 1.96. The van der Waals surface area contributed by atoms with Crippen molar-refractivity contribution in [3.63, 3.8) is 0 Å². The monoisotopic (exact) mass is 304 g/mol. The SMILES string of the molecule is Cc1csc(NC(=O)CSc2ncc3ccccn23)n1. The van der Waals surface area contributed by atoms with Gasteiger partial charge in [-0.15, -0.1) is 11.3 Å². The Labute approximate surface area is 124 Å². The highest BCUT2D eigenvalue weighted by molar-refractivity contribution is 7.99. The van der Waals surface area contributed by atoms with E-state index in [2.05, 4.69) is 15.3 Å². The average molecular weight is 304 g/mol. The molecule has 0 aliphatic heterocycles.